The smallest absolute Gasteiger partial charge is 0.0746 e. The van der Waals surface area contributed by atoms with Crippen molar-refractivity contribution in [1.82, 2.24) is 4.57 Å². The summed E-state index contributed by atoms with van der Waals surface area (Å²) in [6.07, 6.45) is 0. The quantitative estimate of drug-likeness (QED) is 0.198. The maximum absolute atomic E-state index is 2.64. The van der Waals surface area contributed by atoms with Gasteiger partial charge in [0.05, 0.1) is 16.4 Å². The van der Waals surface area contributed by atoms with E-state index in [0.29, 0.717) is 0 Å². The van der Waals surface area contributed by atoms with E-state index in [0.717, 1.165) is 6.54 Å². The standard InChI is InChI=1S/C38H23N/c1-2-11-24-23(10-1)22-39-36-29(24)15-9-16-30(36)31-21-20-28-27-14-5-8-19-34(27)38(35(28)37(31)39)32-17-6-3-12-25(32)26-13-4-7-18-33(26)38/h1-21H,22H2. The van der Waals surface area contributed by atoms with Crippen LogP contribution in [0.1, 0.15) is 27.8 Å². The number of para-hydroxylation sites is 1. The highest BCUT2D eigenvalue weighted by Gasteiger charge is 2.53. The number of benzene rings is 6. The van der Waals surface area contributed by atoms with Gasteiger partial charge in [-0.3, -0.25) is 0 Å². The molecule has 0 N–H and O–H groups in total. The molecule has 1 aromatic heterocycles. The second-order valence-electron chi connectivity index (χ2n) is 11.2. The Morgan fingerprint density at radius 3 is 1.64 bits per heavy atom. The lowest BCUT2D eigenvalue weighted by Crippen LogP contribution is -2.27. The summed E-state index contributed by atoms with van der Waals surface area (Å²) in [7, 11) is 0. The van der Waals surface area contributed by atoms with Crippen LogP contribution in [0.3, 0.4) is 0 Å². The summed E-state index contributed by atoms with van der Waals surface area (Å²) in [6, 6.07) is 47.9. The maximum atomic E-state index is 2.64. The molecule has 180 valence electrons. The molecule has 39 heavy (non-hydrogen) atoms. The number of rotatable bonds is 0. The van der Waals surface area contributed by atoms with E-state index in [4.69, 9.17) is 0 Å². The SMILES string of the molecule is c1ccc2c(c1)Cn1c3c-2cccc3c2ccc3c(c21)C1(c2ccccc2-c2ccccc21)c1ccccc1-3. The first-order valence-corrected chi connectivity index (χ1v) is 13.8. The molecular weight excluding hydrogens is 470 g/mol. The Morgan fingerprint density at radius 2 is 0.949 bits per heavy atom. The zero-order chi connectivity index (χ0) is 25.3. The Balaban J connectivity index is 1.47. The van der Waals surface area contributed by atoms with Crippen molar-refractivity contribution in [3.8, 4) is 33.4 Å². The van der Waals surface area contributed by atoms with Gasteiger partial charge in [0.2, 0.25) is 0 Å². The lowest BCUT2D eigenvalue weighted by atomic mass is 9.70. The average molecular weight is 494 g/mol. The molecule has 0 radical (unpaired) electrons. The van der Waals surface area contributed by atoms with Crippen molar-refractivity contribution in [3.05, 3.63) is 155 Å². The third-order valence-electron chi connectivity index (χ3n) is 9.63. The molecule has 0 unspecified atom stereocenters. The van der Waals surface area contributed by atoms with Gasteiger partial charge >= 0.3 is 0 Å². The first-order chi connectivity index (χ1) is 19.4. The van der Waals surface area contributed by atoms with Crippen LogP contribution in [0, 0.1) is 0 Å². The van der Waals surface area contributed by atoms with Crippen LogP contribution in [0.4, 0.5) is 0 Å². The van der Waals surface area contributed by atoms with E-state index in [1.807, 2.05) is 0 Å². The summed E-state index contributed by atoms with van der Waals surface area (Å²) in [6.45, 7) is 0.888. The van der Waals surface area contributed by atoms with Crippen LogP contribution in [-0.2, 0) is 12.0 Å². The lowest BCUT2D eigenvalue weighted by molar-refractivity contribution is 0.782. The number of hydrogen-bond donors (Lipinski definition) is 0. The number of fused-ring (bicyclic) bond motifs is 16. The molecule has 6 aromatic carbocycles. The third-order valence-corrected chi connectivity index (χ3v) is 9.63. The van der Waals surface area contributed by atoms with Crippen LogP contribution in [0.5, 0.6) is 0 Å². The molecule has 0 saturated carbocycles. The highest BCUT2D eigenvalue weighted by atomic mass is 15.0. The van der Waals surface area contributed by atoms with Crippen molar-refractivity contribution < 1.29 is 0 Å². The fraction of sp³-hybridized carbons (Fsp3) is 0.0526. The second-order valence-corrected chi connectivity index (χ2v) is 11.2. The van der Waals surface area contributed by atoms with Gasteiger partial charge in [0, 0.05) is 28.4 Å². The minimum absolute atomic E-state index is 0.344. The molecule has 0 saturated heterocycles. The molecule has 1 nitrogen and oxygen atoms in total. The first kappa shape index (κ1) is 20.1. The van der Waals surface area contributed by atoms with Gasteiger partial charge in [-0.25, -0.2) is 0 Å². The summed E-state index contributed by atoms with van der Waals surface area (Å²) < 4.78 is 2.64. The van der Waals surface area contributed by atoms with E-state index in [1.54, 1.807) is 0 Å². The van der Waals surface area contributed by atoms with Crippen LogP contribution in [0.2, 0.25) is 0 Å². The van der Waals surface area contributed by atoms with E-state index in [1.165, 1.54) is 83.0 Å². The monoisotopic (exact) mass is 493 g/mol. The zero-order valence-electron chi connectivity index (χ0n) is 21.3. The van der Waals surface area contributed by atoms with Crippen molar-refractivity contribution in [1.29, 1.82) is 0 Å². The lowest BCUT2D eigenvalue weighted by Gasteiger charge is -2.32. The normalized spacial score (nSPS) is 14.8. The first-order valence-electron chi connectivity index (χ1n) is 13.8. The van der Waals surface area contributed by atoms with Gasteiger partial charge in [-0.1, -0.05) is 127 Å². The summed E-state index contributed by atoms with van der Waals surface area (Å²) >= 11 is 0. The molecule has 0 bridgehead atoms. The molecule has 0 fully saturated rings. The van der Waals surface area contributed by atoms with Crippen LogP contribution in [-0.4, -0.2) is 4.57 Å². The van der Waals surface area contributed by atoms with Gasteiger partial charge in [-0.05, 0) is 50.1 Å². The Morgan fingerprint density at radius 1 is 0.410 bits per heavy atom. The Bertz CT molecular complexity index is 2150. The van der Waals surface area contributed by atoms with Gasteiger partial charge in [-0.15, -0.1) is 0 Å². The predicted molar refractivity (Wildman–Crippen MR) is 160 cm³/mol. The van der Waals surface area contributed by atoms with Crippen LogP contribution in [0.15, 0.2) is 127 Å². The minimum atomic E-state index is -0.344. The van der Waals surface area contributed by atoms with Gasteiger partial charge in [0.1, 0.15) is 0 Å². The molecule has 2 aliphatic carbocycles. The number of hydrogen-bond acceptors (Lipinski definition) is 0. The van der Waals surface area contributed by atoms with Crippen molar-refractivity contribution >= 4 is 21.8 Å². The molecule has 2 heterocycles. The van der Waals surface area contributed by atoms with Crippen LogP contribution in [0.25, 0.3) is 55.2 Å². The van der Waals surface area contributed by atoms with Crippen LogP contribution >= 0.6 is 0 Å². The molecule has 10 rings (SSSR count). The summed E-state index contributed by atoms with van der Waals surface area (Å²) in [5, 5.41) is 2.71. The zero-order valence-corrected chi connectivity index (χ0v) is 21.3. The predicted octanol–water partition coefficient (Wildman–Crippen LogP) is 9.17. The van der Waals surface area contributed by atoms with Crippen LogP contribution < -0.4 is 0 Å². The fourth-order valence-electron chi connectivity index (χ4n) is 8.30. The average Bonchev–Trinajstić information content (AvgIpc) is 3.60. The van der Waals surface area contributed by atoms with Crippen molar-refractivity contribution in [3.63, 3.8) is 0 Å². The minimum Gasteiger partial charge on any atom is -0.335 e. The van der Waals surface area contributed by atoms with Crippen molar-refractivity contribution in [2.75, 3.05) is 0 Å². The summed E-state index contributed by atoms with van der Waals surface area (Å²) in [4.78, 5) is 0. The fourth-order valence-corrected chi connectivity index (χ4v) is 8.30. The van der Waals surface area contributed by atoms with Gasteiger partial charge in [0.15, 0.2) is 0 Å². The van der Waals surface area contributed by atoms with E-state index >= 15 is 0 Å². The third kappa shape index (κ3) is 2.15. The topological polar surface area (TPSA) is 4.93 Å². The molecule has 0 atom stereocenters. The Labute approximate surface area is 226 Å². The molecule has 0 amide bonds. The maximum Gasteiger partial charge on any atom is 0.0746 e. The molecule has 3 aliphatic rings. The Hall–Kier alpha value is -4.88. The van der Waals surface area contributed by atoms with E-state index in [2.05, 4.69) is 132 Å². The Kier molecular flexibility index (Phi) is 3.49. The second kappa shape index (κ2) is 6.76. The molecule has 7 aromatic rings. The van der Waals surface area contributed by atoms with E-state index in [9.17, 15) is 0 Å². The summed E-state index contributed by atoms with van der Waals surface area (Å²) in [5.74, 6) is 0. The summed E-state index contributed by atoms with van der Waals surface area (Å²) in [5.41, 5.74) is 17.6. The largest absolute Gasteiger partial charge is 0.335 e. The van der Waals surface area contributed by atoms with E-state index in [-0.39, 0.29) is 5.41 Å². The molecular formula is C38H23N. The van der Waals surface area contributed by atoms with Gasteiger partial charge < -0.3 is 4.57 Å². The number of nitrogens with zero attached hydrogens (tertiary/aromatic N) is 1. The van der Waals surface area contributed by atoms with Gasteiger partial charge in [-0.2, -0.15) is 0 Å². The molecule has 1 spiro atoms. The van der Waals surface area contributed by atoms with Gasteiger partial charge in [0.25, 0.3) is 0 Å². The van der Waals surface area contributed by atoms with Crippen molar-refractivity contribution in [2.24, 2.45) is 0 Å². The molecule has 1 aliphatic heterocycles. The number of aromatic nitrogens is 1. The highest BCUT2D eigenvalue weighted by molar-refractivity contribution is 6.17. The van der Waals surface area contributed by atoms with Crippen molar-refractivity contribution in [2.45, 2.75) is 12.0 Å². The highest BCUT2D eigenvalue weighted by Crippen LogP contribution is 2.64. The molecule has 1 heteroatoms. The van der Waals surface area contributed by atoms with E-state index < -0.39 is 0 Å².